The summed E-state index contributed by atoms with van der Waals surface area (Å²) in [6.07, 6.45) is 2.49. The molecule has 0 bridgehead atoms. The Morgan fingerprint density at radius 1 is 1.21 bits per heavy atom. The van der Waals surface area contributed by atoms with Crippen molar-refractivity contribution in [1.82, 2.24) is 14.5 Å². The van der Waals surface area contributed by atoms with Crippen LogP contribution in [0.2, 0.25) is 5.02 Å². The highest BCUT2D eigenvalue weighted by Crippen LogP contribution is 2.37. The molecule has 0 N–H and O–H groups in total. The van der Waals surface area contributed by atoms with E-state index in [2.05, 4.69) is 24.2 Å². The van der Waals surface area contributed by atoms with E-state index >= 15 is 0 Å². The van der Waals surface area contributed by atoms with Crippen molar-refractivity contribution in [2.75, 3.05) is 6.54 Å². The fraction of sp³-hybridized carbons (Fsp3) is 0.217. The van der Waals surface area contributed by atoms with Gasteiger partial charge in [-0.1, -0.05) is 29.8 Å². The molecule has 6 heteroatoms. The van der Waals surface area contributed by atoms with Crippen LogP contribution >= 0.6 is 11.6 Å². The fourth-order valence-corrected chi connectivity index (χ4v) is 4.33. The second kappa shape index (κ2) is 6.78. The molecule has 4 heterocycles. The van der Waals surface area contributed by atoms with Crippen LogP contribution in [0.5, 0.6) is 0 Å². The average molecular weight is 406 g/mol. The summed E-state index contributed by atoms with van der Waals surface area (Å²) in [5.41, 5.74) is 4.79. The van der Waals surface area contributed by atoms with Crippen molar-refractivity contribution in [3.05, 3.63) is 82.3 Å². The van der Waals surface area contributed by atoms with Crippen LogP contribution in [-0.2, 0) is 6.42 Å². The maximum absolute atomic E-state index is 13.2. The van der Waals surface area contributed by atoms with Gasteiger partial charge in [-0.2, -0.15) is 5.10 Å². The normalized spacial score (nSPS) is 16.2. The van der Waals surface area contributed by atoms with E-state index in [4.69, 9.17) is 16.0 Å². The lowest BCUT2D eigenvalue weighted by molar-refractivity contribution is 0.0671. The van der Waals surface area contributed by atoms with Crippen LogP contribution in [0.25, 0.3) is 16.8 Å². The summed E-state index contributed by atoms with van der Waals surface area (Å²) in [5, 5.41) is 5.02. The molecule has 1 atom stereocenters. The smallest absolute Gasteiger partial charge is 0.274 e. The Hall–Kier alpha value is -3.05. The molecule has 5 rings (SSSR count). The van der Waals surface area contributed by atoms with E-state index in [1.165, 1.54) is 5.56 Å². The number of aryl methyl sites for hydroxylation is 1. The average Bonchev–Trinajstić information content (AvgIpc) is 3.33. The Balaban J connectivity index is 1.49. The molecule has 146 valence electrons. The van der Waals surface area contributed by atoms with Crippen LogP contribution in [0.1, 0.15) is 40.3 Å². The summed E-state index contributed by atoms with van der Waals surface area (Å²) in [4.78, 5) is 15.1. The van der Waals surface area contributed by atoms with Gasteiger partial charge in [-0.05, 0) is 61.7 Å². The number of furan rings is 1. The molecule has 3 aromatic heterocycles. The molecule has 1 unspecified atom stereocenters. The Labute approximate surface area is 173 Å². The molecule has 4 aromatic rings. The molecule has 0 saturated carbocycles. The second-order valence-electron chi connectivity index (χ2n) is 7.45. The third-order valence-electron chi connectivity index (χ3n) is 5.64. The number of fused-ring (bicyclic) bond motifs is 2. The van der Waals surface area contributed by atoms with Gasteiger partial charge in [-0.25, -0.2) is 4.52 Å². The van der Waals surface area contributed by atoms with Gasteiger partial charge in [0.2, 0.25) is 0 Å². The Morgan fingerprint density at radius 3 is 2.86 bits per heavy atom. The first-order chi connectivity index (χ1) is 14.0. The summed E-state index contributed by atoms with van der Waals surface area (Å²) >= 11 is 6.04. The zero-order valence-corrected chi connectivity index (χ0v) is 17.0. The van der Waals surface area contributed by atoms with Gasteiger partial charge in [0, 0.05) is 18.3 Å². The van der Waals surface area contributed by atoms with Crippen LogP contribution in [0.3, 0.4) is 0 Å². The van der Waals surface area contributed by atoms with Gasteiger partial charge in [0.15, 0.2) is 5.69 Å². The topological polar surface area (TPSA) is 50.8 Å². The van der Waals surface area contributed by atoms with Gasteiger partial charge < -0.3 is 9.32 Å². The number of carbonyl (C=O) groups excluding carboxylic acids is 1. The summed E-state index contributed by atoms with van der Waals surface area (Å²) in [5.74, 6) is 1.70. The molecule has 0 aliphatic carbocycles. The molecule has 5 nitrogen and oxygen atoms in total. The lowest BCUT2D eigenvalue weighted by Gasteiger charge is -2.35. The zero-order chi connectivity index (χ0) is 20.1. The van der Waals surface area contributed by atoms with Crippen LogP contribution in [-0.4, -0.2) is 27.0 Å². The minimum absolute atomic E-state index is 0.0457. The highest BCUT2D eigenvalue weighted by Gasteiger charge is 2.31. The number of benzene rings is 1. The van der Waals surface area contributed by atoms with Gasteiger partial charge in [0.05, 0.1) is 16.6 Å². The predicted molar refractivity (Wildman–Crippen MR) is 112 cm³/mol. The number of nitrogens with zero attached hydrogens (tertiary/aromatic N) is 3. The SMILES string of the molecule is Cc1ccc(-c2cccc3c2CCN(C(=O)c2cc4ccc(Cl)cn4n2)C3C)o1. The molecule has 0 spiro atoms. The monoisotopic (exact) mass is 405 g/mol. The maximum Gasteiger partial charge on any atom is 0.274 e. The molecule has 1 amide bonds. The van der Waals surface area contributed by atoms with E-state index < -0.39 is 0 Å². The molecule has 0 fully saturated rings. The first-order valence-electron chi connectivity index (χ1n) is 9.66. The number of carbonyl (C=O) groups is 1. The number of amides is 1. The number of halogens is 1. The first-order valence-corrected chi connectivity index (χ1v) is 10.0. The Kier molecular flexibility index (Phi) is 4.21. The third-order valence-corrected chi connectivity index (χ3v) is 5.87. The first kappa shape index (κ1) is 18.0. The molecule has 29 heavy (non-hydrogen) atoms. The number of hydrogen-bond acceptors (Lipinski definition) is 3. The Bertz CT molecular complexity index is 1240. The zero-order valence-electron chi connectivity index (χ0n) is 16.2. The van der Waals surface area contributed by atoms with Gasteiger partial charge in [-0.3, -0.25) is 4.79 Å². The Morgan fingerprint density at radius 2 is 2.07 bits per heavy atom. The molecule has 0 saturated heterocycles. The number of pyridine rings is 1. The van der Waals surface area contributed by atoms with Crippen molar-refractivity contribution in [2.45, 2.75) is 26.3 Å². The maximum atomic E-state index is 13.2. The van der Waals surface area contributed by atoms with Crippen molar-refractivity contribution in [1.29, 1.82) is 0 Å². The molecular weight excluding hydrogens is 386 g/mol. The molecule has 1 aromatic carbocycles. The van der Waals surface area contributed by atoms with Crippen molar-refractivity contribution < 1.29 is 9.21 Å². The van der Waals surface area contributed by atoms with Gasteiger partial charge in [0.1, 0.15) is 11.5 Å². The molecule has 0 radical (unpaired) electrons. The van der Waals surface area contributed by atoms with E-state index in [9.17, 15) is 4.79 Å². The quantitative estimate of drug-likeness (QED) is 0.453. The van der Waals surface area contributed by atoms with Crippen LogP contribution in [0.15, 0.2) is 59.1 Å². The van der Waals surface area contributed by atoms with E-state index in [1.54, 1.807) is 16.8 Å². The third kappa shape index (κ3) is 3.02. The second-order valence-corrected chi connectivity index (χ2v) is 7.89. The number of hydrogen-bond donors (Lipinski definition) is 0. The summed E-state index contributed by atoms with van der Waals surface area (Å²) in [6.45, 7) is 4.65. The minimum atomic E-state index is -0.0674. The van der Waals surface area contributed by atoms with Crippen LogP contribution < -0.4 is 0 Å². The molecular formula is C23H20ClN3O2. The lowest BCUT2D eigenvalue weighted by atomic mass is 9.88. The summed E-state index contributed by atoms with van der Waals surface area (Å²) < 4.78 is 7.50. The fourth-order valence-electron chi connectivity index (χ4n) is 4.17. The van der Waals surface area contributed by atoms with E-state index in [1.807, 2.05) is 42.2 Å². The standard InChI is InChI=1S/C23H20ClN3O2/c1-14-6-9-22(29-14)20-5-3-4-18-15(2)26(11-10-19(18)20)23(28)21-12-17-8-7-16(24)13-27(17)25-21/h3-9,12-13,15H,10-11H2,1-2H3. The highest BCUT2D eigenvalue weighted by molar-refractivity contribution is 6.30. The minimum Gasteiger partial charge on any atom is -0.461 e. The van der Waals surface area contributed by atoms with Crippen LogP contribution in [0, 0.1) is 6.92 Å². The summed E-state index contributed by atoms with van der Waals surface area (Å²) in [6, 6.07) is 15.6. The van der Waals surface area contributed by atoms with Crippen molar-refractivity contribution in [3.8, 4) is 11.3 Å². The number of rotatable bonds is 2. The highest BCUT2D eigenvalue weighted by atomic mass is 35.5. The predicted octanol–water partition coefficient (Wildman–Crippen LogP) is 5.32. The largest absolute Gasteiger partial charge is 0.461 e. The van der Waals surface area contributed by atoms with E-state index in [-0.39, 0.29) is 11.9 Å². The van der Waals surface area contributed by atoms with Gasteiger partial charge >= 0.3 is 0 Å². The van der Waals surface area contributed by atoms with Crippen molar-refractivity contribution in [2.24, 2.45) is 0 Å². The van der Waals surface area contributed by atoms with Crippen LogP contribution in [0.4, 0.5) is 0 Å². The number of aromatic nitrogens is 2. The van der Waals surface area contributed by atoms with Gasteiger partial charge in [0.25, 0.3) is 5.91 Å². The van der Waals surface area contributed by atoms with E-state index in [0.29, 0.717) is 17.3 Å². The molecule has 1 aliphatic heterocycles. The van der Waals surface area contributed by atoms with Gasteiger partial charge in [-0.15, -0.1) is 0 Å². The summed E-state index contributed by atoms with van der Waals surface area (Å²) in [7, 11) is 0. The van der Waals surface area contributed by atoms with E-state index in [0.717, 1.165) is 34.6 Å². The molecule has 1 aliphatic rings. The van der Waals surface area contributed by atoms with Crippen molar-refractivity contribution >= 4 is 23.0 Å². The van der Waals surface area contributed by atoms with Crippen molar-refractivity contribution in [3.63, 3.8) is 0 Å². The lowest BCUT2D eigenvalue weighted by Crippen LogP contribution is -2.39.